The van der Waals surface area contributed by atoms with Gasteiger partial charge >= 0.3 is 6.29 Å². The van der Waals surface area contributed by atoms with Gasteiger partial charge in [0.1, 0.15) is 11.8 Å². The van der Waals surface area contributed by atoms with E-state index < -0.39 is 12.3 Å². The predicted octanol–water partition coefficient (Wildman–Crippen LogP) is 3.18. The summed E-state index contributed by atoms with van der Waals surface area (Å²) in [5.41, 5.74) is 1.56. The summed E-state index contributed by atoms with van der Waals surface area (Å²) in [4.78, 5) is 12.2. The van der Waals surface area contributed by atoms with Gasteiger partial charge in [-0.2, -0.15) is 0 Å². The van der Waals surface area contributed by atoms with Crippen LogP contribution < -0.4 is 24.8 Å². The summed E-state index contributed by atoms with van der Waals surface area (Å²) < 4.78 is 39.9. The molecule has 1 heterocycles. The van der Waals surface area contributed by atoms with E-state index in [0.717, 1.165) is 11.3 Å². The molecule has 1 aliphatic rings. The van der Waals surface area contributed by atoms with Crippen LogP contribution in [0.15, 0.2) is 42.5 Å². The van der Waals surface area contributed by atoms with Crippen molar-refractivity contribution in [3.8, 4) is 17.2 Å². The molecular formula is C19H20F2N2O4. The fourth-order valence-corrected chi connectivity index (χ4v) is 2.63. The third-order valence-electron chi connectivity index (χ3n) is 4.05. The Morgan fingerprint density at radius 2 is 1.85 bits per heavy atom. The molecule has 0 fully saturated rings. The molecule has 0 bridgehead atoms. The lowest BCUT2D eigenvalue weighted by atomic mass is 10.1. The van der Waals surface area contributed by atoms with Crippen LogP contribution in [0.5, 0.6) is 17.2 Å². The van der Waals surface area contributed by atoms with E-state index in [2.05, 4.69) is 20.1 Å². The second-order valence-electron chi connectivity index (χ2n) is 6.08. The van der Waals surface area contributed by atoms with E-state index in [1.165, 1.54) is 12.1 Å². The molecule has 1 unspecified atom stereocenters. The van der Waals surface area contributed by atoms with Crippen LogP contribution in [-0.4, -0.2) is 31.9 Å². The van der Waals surface area contributed by atoms with Gasteiger partial charge in [-0.15, -0.1) is 8.78 Å². The summed E-state index contributed by atoms with van der Waals surface area (Å²) in [6, 6.07) is 11.3. The Bertz CT molecular complexity index is 812. The lowest BCUT2D eigenvalue weighted by Crippen LogP contribution is -2.38. The monoisotopic (exact) mass is 378 g/mol. The summed E-state index contributed by atoms with van der Waals surface area (Å²) in [6.07, 6.45) is -2.98. The summed E-state index contributed by atoms with van der Waals surface area (Å²) >= 11 is 0. The van der Waals surface area contributed by atoms with E-state index in [1.54, 1.807) is 20.1 Å². The third-order valence-corrected chi connectivity index (χ3v) is 4.05. The zero-order chi connectivity index (χ0) is 19.4. The molecule has 0 spiro atoms. The molecule has 0 saturated carbocycles. The zero-order valence-corrected chi connectivity index (χ0v) is 14.9. The Morgan fingerprint density at radius 1 is 1.15 bits per heavy atom. The molecule has 6 nitrogen and oxygen atoms in total. The number of hydrogen-bond acceptors (Lipinski definition) is 5. The van der Waals surface area contributed by atoms with Crippen LogP contribution in [0.1, 0.15) is 12.5 Å². The highest BCUT2D eigenvalue weighted by Gasteiger charge is 2.43. The third kappa shape index (κ3) is 4.78. The highest BCUT2D eigenvalue weighted by molar-refractivity contribution is 5.84. The molecule has 27 heavy (non-hydrogen) atoms. The van der Waals surface area contributed by atoms with E-state index in [4.69, 9.17) is 4.74 Å². The van der Waals surface area contributed by atoms with Gasteiger partial charge in [0.05, 0.1) is 7.11 Å². The maximum atomic E-state index is 13.0. The molecule has 0 saturated heterocycles. The number of halogens is 2. The smallest absolute Gasteiger partial charge is 0.497 e. The lowest BCUT2D eigenvalue weighted by Gasteiger charge is -2.15. The minimum atomic E-state index is -3.66. The minimum Gasteiger partial charge on any atom is -0.497 e. The topological polar surface area (TPSA) is 68.8 Å². The molecular weight excluding hydrogens is 358 g/mol. The van der Waals surface area contributed by atoms with E-state index in [1.807, 2.05) is 24.3 Å². The molecule has 0 aromatic heterocycles. The number of nitrogens with one attached hydrogen (secondary N) is 2. The predicted molar refractivity (Wildman–Crippen MR) is 95.4 cm³/mol. The highest BCUT2D eigenvalue weighted by Crippen LogP contribution is 2.42. The van der Waals surface area contributed by atoms with E-state index >= 15 is 0 Å². The molecule has 2 aromatic carbocycles. The van der Waals surface area contributed by atoms with Crippen LogP contribution in [0, 0.1) is 0 Å². The number of amides is 1. The maximum absolute atomic E-state index is 13.0. The van der Waals surface area contributed by atoms with Crippen LogP contribution in [-0.2, 0) is 11.2 Å². The number of benzene rings is 2. The molecule has 2 aromatic rings. The fraction of sp³-hybridized carbons (Fsp3) is 0.316. The van der Waals surface area contributed by atoms with Gasteiger partial charge in [-0.05, 0) is 43.2 Å². The van der Waals surface area contributed by atoms with Crippen molar-refractivity contribution in [3.63, 3.8) is 0 Å². The van der Waals surface area contributed by atoms with Crippen LogP contribution >= 0.6 is 0 Å². The standard InChI is InChI=1S/C19H20F2N2O4/c1-12(18(24)22-10-9-13-3-6-15(25-2)7-4-13)23-14-5-8-16-17(11-14)27-19(20,21)26-16/h3-8,11-12,23H,9-10H2,1-2H3,(H,22,24). The molecule has 1 amide bonds. The van der Waals surface area contributed by atoms with Gasteiger partial charge in [-0.25, -0.2) is 0 Å². The number of rotatable bonds is 7. The number of anilines is 1. The highest BCUT2D eigenvalue weighted by atomic mass is 19.3. The second kappa shape index (κ2) is 7.69. The fourth-order valence-electron chi connectivity index (χ4n) is 2.63. The molecule has 0 aliphatic carbocycles. The van der Waals surface area contributed by atoms with Gasteiger partial charge in [0, 0.05) is 18.3 Å². The van der Waals surface area contributed by atoms with Crippen LogP contribution in [0.25, 0.3) is 0 Å². The second-order valence-corrected chi connectivity index (χ2v) is 6.08. The summed E-state index contributed by atoms with van der Waals surface area (Å²) in [5, 5.41) is 5.79. The number of hydrogen-bond donors (Lipinski definition) is 2. The summed E-state index contributed by atoms with van der Waals surface area (Å²) in [7, 11) is 1.61. The molecule has 0 radical (unpaired) electrons. The number of carbonyl (C=O) groups is 1. The largest absolute Gasteiger partial charge is 0.586 e. The number of fused-ring (bicyclic) bond motifs is 1. The Kier molecular flexibility index (Phi) is 5.34. The van der Waals surface area contributed by atoms with Crippen molar-refractivity contribution in [3.05, 3.63) is 48.0 Å². The van der Waals surface area contributed by atoms with Crippen molar-refractivity contribution in [1.82, 2.24) is 5.32 Å². The van der Waals surface area contributed by atoms with Crippen molar-refractivity contribution in [2.24, 2.45) is 0 Å². The molecule has 1 aliphatic heterocycles. The lowest BCUT2D eigenvalue weighted by molar-refractivity contribution is -0.286. The van der Waals surface area contributed by atoms with Crippen LogP contribution in [0.2, 0.25) is 0 Å². The number of carbonyl (C=O) groups excluding carboxylic acids is 1. The van der Waals surface area contributed by atoms with Gasteiger partial charge in [-0.3, -0.25) is 4.79 Å². The molecule has 3 rings (SSSR count). The van der Waals surface area contributed by atoms with Gasteiger partial charge < -0.3 is 24.8 Å². The normalized spacial score (nSPS) is 15.1. The molecule has 8 heteroatoms. The number of ether oxygens (including phenoxy) is 3. The van der Waals surface area contributed by atoms with E-state index in [0.29, 0.717) is 18.7 Å². The number of methoxy groups -OCH3 is 1. The average molecular weight is 378 g/mol. The van der Waals surface area contributed by atoms with Crippen molar-refractivity contribution in [2.75, 3.05) is 19.0 Å². The van der Waals surface area contributed by atoms with Crippen LogP contribution in [0.3, 0.4) is 0 Å². The van der Waals surface area contributed by atoms with Crippen LogP contribution in [0.4, 0.5) is 14.5 Å². The van der Waals surface area contributed by atoms with Gasteiger partial charge in [-0.1, -0.05) is 12.1 Å². The number of alkyl halides is 2. The molecule has 144 valence electrons. The quantitative estimate of drug-likeness (QED) is 0.775. The van der Waals surface area contributed by atoms with Gasteiger partial charge in [0.2, 0.25) is 5.91 Å². The van der Waals surface area contributed by atoms with Crippen molar-refractivity contribution in [1.29, 1.82) is 0 Å². The Labute approximate surface area is 155 Å². The van der Waals surface area contributed by atoms with Crippen molar-refractivity contribution >= 4 is 11.6 Å². The Hall–Kier alpha value is -3.03. The average Bonchev–Trinajstić information content (AvgIpc) is 2.95. The van der Waals surface area contributed by atoms with E-state index in [-0.39, 0.29) is 17.4 Å². The zero-order valence-electron chi connectivity index (χ0n) is 14.9. The van der Waals surface area contributed by atoms with Gasteiger partial charge in [0.15, 0.2) is 11.5 Å². The minimum absolute atomic E-state index is 0.0397. The summed E-state index contributed by atoms with van der Waals surface area (Å²) in [5.74, 6) is 0.466. The Morgan fingerprint density at radius 3 is 2.56 bits per heavy atom. The SMILES string of the molecule is COc1ccc(CCNC(=O)C(C)Nc2ccc3c(c2)OC(F)(F)O3)cc1. The first-order valence-electron chi connectivity index (χ1n) is 8.43. The molecule has 1 atom stereocenters. The van der Waals surface area contributed by atoms with Gasteiger partial charge in [0.25, 0.3) is 0 Å². The van der Waals surface area contributed by atoms with Crippen molar-refractivity contribution in [2.45, 2.75) is 25.7 Å². The summed E-state index contributed by atoms with van der Waals surface area (Å²) in [6.45, 7) is 2.16. The first-order valence-corrected chi connectivity index (χ1v) is 8.43. The van der Waals surface area contributed by atoms with Crippen molar-refractivity contribution < 1.29 is 27.8 Å². The van der Waals surface area contributed by atoms with E-state index in [9.17, 15) is 13.6 Å². The first-order chi connectivity index (χ1) is 12.9. The first kappa shape index (κ1) is 18.8. The molecule has 2 N–H and O–H groups in total. The maximum Gasteiger partial charge on any atom is 0.586 e. The Balaban J connectivity index is 1.48.